The fourth-order valence-electron chi connectivity index (χ4n) is 2.54. The Morgan fingerprint density at radius 1 is 1.15 bits per heavy atom. The smallest absolute Gasteiger partial charge is 0.260 e. The minimum absolute atomic E-state index is 0.0819. The molecule has 3 rings (SSSR count). The summed E-state index contributed by atoms with van der Waals surface area (Å²) in [5, 5.41) is 1.21. The zero-order chi connectivity index (χ0) is 18.7. The van der Waals surface area contributed by atoms with Crippen molar-refractivity contribution in [1.82, 2.24) is 9.88 Å². The Hall–Kier alpha value is -2.15. The van der Waals surface area contributed by atoms with Crippen LogP contribution in [0.4, 0.5) is 5.13 Å². The Bertz CT molecular complexity index is 912. The van der Waals surface area contributed by atoms with Gasteiger partial charge in [0.2, 0.25) is 0 Å². The molecule has 1 aromatic heterocycles. The van der Waals surface area contributed by atoms with E-state index in [9.17, 15) is 4.79 Å². The molecule has 0 saturated heterocycles. The number of carbonyl (C=O) groups is 1. The van der Waals surface area contributed by atoms with Gasteiger partial charge in [0, 0.05) is 18.7 Å². The van der Waals surface area contributed by atoms with E-state index in [1.807, 2.05) is 49.3 Å². The summed E-state index contributed by atoms with van der Waals surface area (Å²) in [4.78, 5) is 21.5. The van der Waals surface area contributed by atoms with Gasteiger partial charge in [0.15, 0.2) is 5.13 Å². The number of fused-ring (bicyclic) bond motifs is 1. The molecular formula is C19H20ClN3O2S. The van der Waals surface area contributed by atoms with Gasteiger partial charge < -0.3 is 9.64 Å². The summed E-state index contributed by atoms with van der Waals surface area (Å²) < 4.78 is 6.21. The number of likely N-dealkylation sites (N-methyl/N-ethyl adjacent to an activating group) is 1. The molecule has 1 heterocycles. The van der Waals surface area contributed by atoms with Gasteiger partial charge in [0.1, 0.15) is 11.3 Å². The molecule has 0 bridgehead atoms. The fraction of sp³-hybridized carbons (Fsp3) is 0.263. The number of methoxy groups -OCH3 is 1. The molecule has 136 valence electrons. The predicted molar refractivity (Wildman–Crippen MR) is 108 cm³/mol. The van der Waals surface area contributed by atoms with Crippen LogP contribution in [0.5, 0.6) is 5.75 Å². The lowest BCUT2D eigenvalue weighted by atomic mass is 10.2. The van der Waals surface area contributed by atoms with Crippen LogP contribution in [0.25, 0.3) is 10.2 Å². The van der Waals surface area contributed by atoms with E-state index in [2.05, 4.69) is 4.98 Å². The molecule has 0 radical (unpaired) electrons. The van der Waals surface area contributed by atoms with E-state index < -0.39 is 0 Å². The maximum atomic E-state index is 13.1. The second-order valence-electron chi connectivity index (χ2n) is 6.05. The van der Waals surface area contributed by atoms with Crippen molar-refractivity contribution in [3.8, 4) is 5.75 Å². The van der Waals surface area contributed by atoms with E-state index in [-0.39, 0.29) is 5.91 Å². The third kappa shape index (κ3) is 3.82. The molecule has 0 fully saturated rings. The van der Waals surface area contributed by atoms with Crippen molar-refractivity contribution in [3.05, 3.63) is 53.1 Å². The van der Waals surface area contributed by atoms with Crippen molar-refractivity contribution in [2.45, 2.75) is 0 Å². The highest BCUT2D eigenvalue weighted by Gasteiger charge is 2.23. The molecule has 7 heteroatoms. The average Bonchev–Trinajstić information content (AvgIpc) is 3.08. The van der Waals surface area contributed by atoms with Crippen molar-refractivity contribution in [3.63, 3.8) is 0 Å². The quantitative estimate of drug-likeness (QED) is 0.634. The van der Waals surface area contributed by atoms with Gasteiger partial charge in [0.05, 0.1) is 16.8 Å². The van der Waals surface area contributed by atoms with Crippen molar-refractivity contribution in [1.29, 1.82) is 0 Å². The molecule has 0 aliphatic rings. The molecule has 0 N–H and O–H groups in total. The summed E-state index contributed by atoms with van der Waals surface area (Å²) in [5.41, 5.74) is 1.30. The lowest BCUT2D eigenvalue weighted by Gasteiger charge is -2.22. The Labute approximate surface area is 161 Å². The molecule has 0 aliphatic carbocycles. The summed E-state index contributed by atoms with van der Waals surface area (Å²) in [6.45, 7) is 1.25. The number of hydrogen-bond donors (Lipinski definition) is 0. The van der Waals surface area contributed by atoms with Gasteiger partial charge in [-0.15, -0.1) is 0 Å². The summed E-state index contributed by atoms with van der Waals surface area (Å²) in [6, 6.07) is 12.8. The Balaban J connectivity index is 2.05. The summed E-state index contributed by atoms with van der Waals surface area (Å²) in [6.07, 6.45) is 0. The van der Waals surface area contributed by atoms with Gasteiger partial charge in [-0.1, -0.05) is 41.1 Å². The number of nitrogens with zero attached hydrogens (tertiary/aromatic N) is 3. The summed E-state index contributed by atoms with van der Waals surface area (Å²) in [5.74, 6) is 0.563. The van der Waals surface area contributed by atoms with Crippen LogP contribution in [-0.4, -0.2) is 50.1 Å². The normalized spacial score (nSPS) is 11.1. The monoisotopic (exact) mass is 389 g/mol. The number of carbonyl (C=O) groups excluding carboxylic acids is 1. The summed E-state index contributed by atoms with van der Waals surface area (Å²) >= 11 is 7.73. The van der Waals surface area contributed by atoms with Gasteiger partial charge in [-0.3, -0.25) is 9.69 Å². The van der Waals surface area contributed by atoms with E-state index >= 15 is 0 Å². The minimum Gasteiger partial charge on any atom is -0.494 e. The molecular weight excluding hydrogens is 370 g/mol. The lowest BCUT2D eigenvalue weighted by Crippen LogP contribution is -2.36. The van der Waals surface area contributed by atoms with Gasteiger partial charge in [-0.25, -0.2) is 4.98 Å². The van der Waals surface area contributed by atoms with E-state index in [0.29, 0.717) is 33.5 Å². The van der Waals surface area contributed by atoms with E-state index in [0.717, 1.165) is 11.2 Å². The second-order valence-corrected chi connectivity index (χ2v) is 7.43. The highest BCUT2D eigenvalue weighted by molar-refractivity contribution is 7.23. The highest BCUT2D eigenvalue weighted by Crippen LogP contribution is 2.39. The molecule has 0 unspecified atom stereocenters. The van der Waals surface area contributed by atoms with Gasteiger partial charge >= 0.3 is 0 Å². The lowest BCUT2D eigenvalue weighted by molar-refractivity contribution is 0.0985. The number of rotatable bonds is 6. The van der Waals surface area contributed by atoms with Crippen LogP contribution in [0.1, 0.15) is 10.4 Å². The standard InChI is InChI=1S/C19H20ClN3O2S/c1-22(2)11-12-23(18(24)13-7-5-4-6-8-13)19-21-16-15(25-3)10-9-14(20)17(16)26-19/h4-10H,11-12H2,1-3H3. The number of aromatic nitrogens is 1. The van der Waals surface area contributed by atoms with Crippen LogP contribution in [0.2, 0.25) is 5.02 Å². The average molecular weight is 390 g/mol. The Morgan fingerprint density at radius 2 is 1.88 bits per heavy atom. The maximum absolute atomic E-state index is 13.1. The topological polar surface area (TPSA) is 45.7 Å². The zero-order valence-corrected chi connectivity index (χ0v) is 16.5. The second kappa shape index (κ2) is 8.03. The van der Waals surface area contributed by atoms with Crippen LogP contribution < -0.4 is 9.64 Å². The maximum Gasteiger partial charge on any atom is 0.260 e. The molecule has 0 saturated carbocycles. The molecule has 26 heavy (non-hydrogen) atoms. The number of amides is 1. The third-order valence-electron chi connectivity index (χ3n) is 3.93. The van der Waals surface area contributed by atoms with Crippen LogP contribution in [0.3, 0.4) is 0 Å². The number of ether oxygens (including phenoxy) is 1. The first kappa shape index (κ1) is 18.6. The number of thiazole rings is 1. The van der Waals surface area contributed by atoms with Crippen LogP contribution in [-0.2, 0) is 0 Å². The number of halogens is 1. The number of anilines is 1. The molecule has 0 spiro atoms. The van der Waals surface area contributed by atoms with Crippen molar-refractivity contribution >= 4 is 44.2 Å². The Kier molecular flexibility index (Phi) is 5.76. The van der Waals surface area contributed by atoms with E-state index in [1.165, 1.54) is 11.3 Å². The molecule has 1 amide bonds. The SMILES string of the molecule is COc1ccc(Cl)c2sc(N(CCN(C)C)C(=O)c3ccccc3)nc12. The number of hydrogen-bond acceptors (Lipinski definition) is 5. The Morgan fingerprint density at radius 3 is 2.54 bits per heavy atom. The van der Waals surface area contributed by atoms with Gasteiger partial charge in [-0.05, 0) is 38.4 Å². The minimum atomic E-state index is -0.0819. The largest absolute Gasteiger partial charge is 0.494 e. The van der Waals surface area contributed by atoms with Crippen LogP contribution in [0, 0.1) is 0 Å². The molecule has 0 atom stereocenters. The molecule has 0 aliphatic heterocycles. The van der Waals surface area contributed by atoms with Crippen LogP contribution >= 0.6 is 22.9 Å². The fourth-order valence-corrected chi connectivity index (χ4v) is 3.82. The third-order valence-corrected chi connectivity index (χ3v) is 5.47. The summed E-state index contributed by atoms with van der Waals surface area (Å²) in [7, 11) is 5.55. The first-order chi connectivity index (χ1) is 12.5. The van der Waals surface area contributed by atoms with Crippen LogP contribution in [0.15, 0.2) is 42.5 Å². The molecule has 3 aromatic rings. The van der Waals surface area contributed by atoms with E-state index in [1.54, 1.807) is 24.1 Å². The molecule has 5 nitrogen and oxygen atoms in total. The highest BCUT2D eigenvalue weighted by atomic mass is 35.5. The van der Waals surface area contributed by atoms with Crippen molar-refractivity contribution in [2.24, 2.45) is 0 Å². The number of benzene rings is 2. The van der Waals surface area contributed by atoms with Gasteiger partial charge in [0.25, 0.3) is 5.91 Å². The zero-order valence-electron chi connectivity index (χ0n) is 14.9. The van der Waals surface area contributed by atoms with Gasteiger partial charge in [-0.2, -0.15) is 0 Å². The predicted octanol–water partition coefficient (Wildman–Crippen LogP) is 4.17. The first-order valence-corrected chi connectivity index (χ1v) is 9.35. The molecule has 2 aromatic carbocycles. The van der Waals surface area contributed by atoms with Crippen molar-refractivity contribution in [2.75, 3.05) is 39.2 Å². The first-order valence-electron chi connectivity index (χ1n) is 8.16. The van der Waals surface area contributed by atoms with E-state index in [4.69, 9.17) is 16.3 Å². The van der Waals surface area contributed by atoms with Crippen molar-refractivity contribution < 1.29 is 9.53 Å².